The second kappa shape index (κ2) is 14.3. The number of nitrogens with zero attached hydrogens (tertiary/aromatic N) is 1. The predicted octanol–water partition coefficient (Wildman–Crippen LogP) is 2.71. The van der Waals surface area contributed by atoms with E-state index < -0.39 is 11.6 Å². The van der Waals surface area contributed by atoms with Crippen LogP contribution in [0.2, 0.25) is 0 Å². The summed E-state index contributed by atoms with van der Waals surface area (Å²) in [6.07, 6.45) is 11.7. The molecule has 0 bridgehead atoms. The van der Waals surface area contributed by atoms with Gasteiger partial charge in [0.1, 0.15) is 17.2 Å². The fourth-order valence-electron chi connectivity index (χ4n) is 4.73. The van der Waals surface area contributed by atoms with E-state index in [1.54, 1.807) is 0 Å². The molecule has 2 aliphatic heterocycles. The fourth-order valence-corrected chi connectivity index (χ4v) is 4.73. The summed E-state index contributed by atoms with van der Waals surface area (Å²) in [6, 6.07) is 0.0736. The van der Waals surface area contributed by atoms with Crippen LogP contribution >= 0.6 is 0 Å². The Bertz CT molecular complexity index is 735. The van der Waals surface area contributed by atoms with Crippen molar-refractivity contribution in [2.45, 2.75) is 136 Å². The zero-order chi connectivity index (χ0) is 25.9. The van der Waals surface area contributed by atoms with Crippen LogP contribution in [0, 0.1) is 0 Å². The lowest BCUT2D eigenvalue weighted by atomic mass is 10.0. The number of nitrogens with one attached hydrogen (secondary N) is 1. The molecule has 0 unspecified atom stereocenters. The van der Waals surface area contributed by atoms with E-state index in [1.165, 1.54) is 38.5 Å². The van der Waals surface area contributed by atoms with Gasteiger partial charge in [0.25, 0.3) is 0 Å². The number of hydrogen-bond acceptors (Lipinski definition) is 7. The highest BCUT2D eigenvalue weighted by Crippen LogP contribution is 2.32. The van der Waals surface area contributed by atoms with Crippen LogP contribution in [-0.4, -0.2) is 51.4 Å². The molecular weight excluding hydrogens is 434 g/mol. The second-order valence-corrected chi connectivity index (χ2v) is 10.5. The molecule has 1 saturated heterocycles. The molecule has 0 aliphatic carbocycles. The number of rotatable bonds is 11. The van der Waals surface area contributed by atoms with Crippen LogP contribution in [0.25, 0.3) is 0 Å². The lowest BCUT2D eigenvalue weighted by Gasteiger charge is -2.28. The summed E-state index contributed by atoms with van der Waals surface area (Å²) >= 11 is 0. The Balaban J connectivity index is 0.00000133. The Hall–Kier alpha value is -2.09. The number of aliphatic hydroxyl groups is 1. The van der Waals surface area contributed by atoms with Crippen LogP contribution in [0.15, 0.2) is 11.3 Å². The van der Waals surface area contributed by atoms with Gasteiger partial charge in [-0.3, -0.25) is 10.3 Å². The Morgan fingerprint density at radius 2 is 1.74 bits per heavy atom. The van der Waals surface area contributed by atoms with E-state index in [0.717, 1.165) is 38.3 Å². The minimum Gasteiger partial charge on any atom is -0.550 e. The summed E-state index contributed by atoms with van der Waals surface area (Å²) in [5.41, 5.74) is 7.21. The van der Waals surface area contributed by atoms with Crippen molar-refractivity contribution in [3.8, 4) is 0 Å². The van der Waals surface area contributed by atoms with E-state index in [2.05, 4.69) is 16.8 Å². The SMILES string of the molecule is CC(=O)[O-].CCCCCCCCC[C@H](O)C[C@@H]1CC[C@H]2C(C(=O)OC(C)(C)C)=C(C)NC(N)=[N+]12. The van der Waals surface area contributed by atoms with Gasteiger partial charge in [-0.05, 0) is 53.9 Å². The molecular formula is C26H47N3O5. The van der Waals surface area contributed by atoms with Crippen LogP contribution < -0.4 is 16.2 Å². The summed E-state index contributed by atoms with van der Waals surface area (Å²) in [6.45, 7) is 10.7. The third-order valence-electron chi connectivity index (χ3n) is 6.14. The number of guanidine groups is 1. The summed E-state index contributed by atoms with van der Waals surface area (Å²) in [5.74, 6) is -0.783. The first-order valence-corrected chi connectivity index (χ1v) is 12.8. The van der Waals surface area contributed by atoms with Crippen molar-refractivity contribution in [1.82, 2.24) is 5.32 Å². The molecule has 4 N–H and O–H groups in total. The van der Waals surface area contributed by atoms with Gasteiger partial charge in [0.15, 0.2) is 0 Å². The number of carbonyl (C=O) groups excluding carboxylic acids is 2. The van der Waals surface area contributed by atoms with E-state index in [9.17, 15) is 9.90 Å². The molecule has 2 heterocycles. The Morgan fingerprint density at radius 1 is 1.18 bits per heavy atom. The topological polar surface area (TPSA) is 128 Å². The standard InChI is InChI=1S/C24H43N3O3.C2H4O2/c1-6-7-8-9-10-11-12-13-19(28)16-18-14-15-20-21(22(29)30-24(3,4)5)17(2)26-23(25)27(18)20;1-2(3)4/h18-20,28H,6-16H2,1-5H3,(H2,25,26,29);1H3,(H,3,4)/t18-,19-,20-;/m0./s1. The number of carbonyl (C=O) groups is 2. The van der Waals surface area contributed by atoms with Gasteiger partial charge < -0.3 is 19.7 Å². The molecule has 196 valence electrons. The number of nitrogens with two attached hydrogens (primary N) is 1. The molecule has 0 aromatic heterocycles. The predicted molar refractivity (Wildman–Crippen MR) is 132 cm³/mol. The number of aliphatic carboxylic acids is 1. The largest absolute Gasteiger partial charge is 0.550 e. The minimum absolute atomic E-state index is 0.0723. The number of ether oxygens (including phenoxy) is 1. The van der Waals surface area contributed by atoms with E-state index >= 15 is 0 Å². The van der Waals surface area contributed by atoms with Gasteiger partial charge in [-0.15, -0.1) is 0 Å². The zero-order valence-electron chi connectivity index (χ0n) is 22.1. The molecule has 2 aliphatic rings. The minimum atomic E-state index is -1.08. The Morgan fingerprint density at radius 3 is 2.29 bits per heavy atom. The maximum Gasteiger partial charge on any atom is 0.348 e. The Labute approximate surface area is 205 Å². The molecule has 8 heteroatoms. The molecule has 2 rings (SSSR count). The molecule has 34 heavy (non-hydrogen) atoms. The van der Waals surface area contributed by atoms with Gasteiger partial charge in [-0.25, -0.2) is 10.1 Å². The van der Waals surface area contributed by atoms with Crippen LogP contribution in [0.3, 0.4) is 0 Å². The first-order valence-electron chi connectivity index (χ1n) is 12.8. The van der Waals surface area contributed by atoms with Crippen molar-refractivity contribution in [3.63, 3.8) is 0 Å². The number of fused-ring (bicyclic) bond motifs is 1. The van der Waals surface area contributed by atoms with Crippen LogP contribution in [0.4, 0.5) is 0 Å². The molecule has 0 radical (unpaired) electrons. The monoisotopic (exact) mass is 481 g/mol. The van der Waals surface area contributed by atoms with Crippen LogP contribution in [0.1, 0.15) is 112 Å². The summed E-state index contributed by atoms with van der Waals surface area (Å²) in [5, 5.41) is 22.7. The first kappa shape index (κ1) is 29.9. The van der Waals surface area contributed by atoms with Crippen molar-refractivity contribution in [2.75, 3.05) is 0 Å². The third kappa shape index (κ3) is 10.5. The smallest absolute Gasteiger partial charge is 0.348 e. The van der Waals surface area contributed by atoms with E-state index in [0.29, 0.717) is 18.0 Å². The number of carboxylic acids is 1. The lowest BCUT2D eigenvalue weighted by Crippen LogP contribution is -2.51. The highest BCUT2D eigenvalue weighted by Gasteiger charge is 2.44. The summed E-state index contributed by atoms with van der Waals surface area (Å²) in [7, 11) is 0. The highest BCUT2D eigenvalue weighted by molar-refractivity contribution is 5.93. The van der Waals surface area contributed by atoms with Gasteiger partial charge in [0.2, 0.25) is 0 Å². The number of carboxylic acid groups (broad SMARTS) is 1. The van der Waals surface area contributed by atoms with E-state index in [4.69, 9.17) is 20.4 Å². The van der Waals surface area contributed by atoms with Crippen molar-refractivity contribution >= 4 is 17.9 Å². The number of aliphatic hydroxyl groups excluding tert-OH is 1. The maximum atomic E-state index is 12.8. The van der Waals surface area contributed by atoms with E-state index in [1.807, 2.05) is 27.7 Å². The highest BCUT2D eigenvalue weighted by atomic mass is 16.6. The van der Waals surface area contributed by atoms with Crippen molar-refractivity contribution < 1.29 is 29.1 Å². The normalized spacial score (nSPS) is 20.8. The fraction of sp³-hybridized carbons (Fsp3) is 0.808. The van der Waals surface area contributed by atoms with Gasteiger partial charge in [-0.2, -0.15) is 0 Å². The quantitative estimate of drug-likeness (QED) is 0.235. The summed E-state index contributed by atoms with van der Waals surface area (Å²) in [4.78, 5) is 21.7. The Kier molecular flexibility index (Phi) is 12.6. The van der Waals surface area contributed by atoms with Gasteiger partial charge in [0.05, 0.1) is 17.8 Å². The van der Waals surface area contributed by atoms with Gasteiger partial charge >= 0.3 is 11.9 Å². The molecule has 0 amide bonds. The molecule has 0 saturated carbocycles. The maximum absolute atomic E-state index is 12.8. The van der Waals surface area contributed by atoms with Crippen LogP contribution in [0.5, 0.6) is 0 Å². The number of hydrogen-bond donors (Lipinski definition) is 3. The lowest BCUT2D eigenvalue weighted by molar-refractivity contribution is -0.576. The third-order valence-corrected chi connectivity index (χ3v) is 6.14. The summed E-state index contributed by atoms with van der Waals surface area (Å²) < 4.78 is 7.74. The van der Waals surface area contributed by atoms with Crippen LogP contribution in [-0.2, 0) is 14.3 Å². The molecule has 0 aromatic carbocycles. The number of allylic oxidation sites excluding steroid dienone is 1. The molecule has 3 atom stereocenters. The van der Waals surface area contributed by atoms with Gasteiger partial charge in [-0.1, -0.05) is 51.9 Å². The average Bonchev–Trinajstić information content (AvgIpc) is 3.09. The average molecular weight is 482 g/mol. The first-order chi connectivity index (χ1) is 15.9. The number of esters is 1. The van der Waals surface area contributed by atoms with Crippen molar-refractivity contribution in [3.05, 3.63) is 11.3 Å². The molecule has 8 nitrogen and oxygen atoms in total. The van der Waals surface area contributed by atoms with Crippen molar-refractivity contribution in [2.24, 2.45) is 5.73 Å². The van der Waals surface area contributed by atoms with Gasteiger partial charge in [0, 0.05) is 12.4 Å². The van der Waals surface area contributed by atoms with E-state index in [-0.39, 0.29) is 24.2 Å². The second-order valence-electron chi connectivity index (χ2n) is 10.5. The van der Waals surface area contributed by atoms with Crippen molar-refractivity contribution in [1.29, 1.82) is 0 Å². The molecule has 0 aromatic rings. The zero-order valence-corrected chi connectivity index (χ0v) is 22.1. The molecule has 1 fully saturated rings. The molecule has 0 spiro atoms. The number of unbranched alkanes of at least 4 members (excludes halogenated alkanes) is 6.